The van der Waals surface area contributed by atoms with Gasteiger partial charge in [-0.05, 0) is 32.7 Å². The molecule has 0 aliphatic heterocycles. The van der Waals surface area contributed by atoms with Crippen LogP contribution in [0.5, 0.6) is 0 Å². The van der Waals surface area contributed by atoms with Gasteiger partial charge in [0.15, 0.2) is 0 Å². The zero-order valence-corrected chi connectivity index (χ0v) is 10.4. The average molecular weight is 272 g/mol. The quantitative estimate of drug-likeness (QED) is 0.707. The smallest absolute Gasteiger partial charge is 0.320 e. The third kappa shape index (κ3) is 6.91. The van der Waals surface area contributed by atoms with Gasteiger partial charge in [-0.2, -0.15) is 0 Å². The van der Waals surface area contributed by atoms with Crippen LogP contribution in [0, 0.1) is 0 Å². The van der Waals surface area contributed by atoms with E-state index >= 15 is 0 Å². The number of likely N-dealkylation sites (N-methyl/N-ethyl adjacent to an activating group) is 1. The summed E-state index contributed by atoms with van der Waals surface area (Å²) in [6, 6.07) is -0.447. The molecule has 0 saturated heterocycles. The second-order valence-electron chi connectivity index (χ2n) is 4.00. The molecule has 0 aliphatic carbocycles. The maximum Gasteiger partial charge on any atom is 0.320 e. The zero-order valence-electron chi connectivity index (χ0n) is 10.4. The third-order valence-electron chi connectivity index (χ3n) is 2.72. The van der Waals surface area contributed by atoms with Gasteiger partial charge in [0.2, 0.25) is 0 Å². The molecule has 0 aromatic carbocycles. The Bertz CT molecular complexity index is 352. The Balaban J connectivity index is 0. The van der Waals surface area contributed by atoms with Crippen molar-refractivity contribution in [3.05, 3.63) is 11.9 Å². The highest BCUT2D eigenvalue weighted by Crippen LogP contribution is 2.03. The first-order valence-electron chi connectivity index (χ1n) is 5.96. The van der Waals surface area contributed by atoms with Gasteiger partial charge in [0.05, 0.1) is 5.69 Å². The number of hydrogen-bond donors (Lipinski definition) is 2. The molecule has 19 heavy (non-hydrogen) atoms. The topological polar surface area (TPSA) is 80.0 Å². The lowest BCUT2D eigenvalue weighted by Crippen LogP contribution is -2.33. The molecule has 2 N–H and O–H groups in total. The van der Waals surface area contributed by atoms with Crippen LogP contribution in [0.3, 0.4) is 0 Å². The lowest BCUT2D eigenvalue weighted by molar-refractivity contribution is -0.139. The lowest BCUT2D eigenvalue weighted by Gasteiger charge is -2.10. The van der Waals surface area contributed by atoms with Gasteiger partial charge < -0.3 is 10.4 Å². The molecule has 1 aromatic rings. The highest BCUT2D eigenvalue weighted by atomic mass is 16.4. The van der Waals surface area contributed by atoms with E-state index in [0.29, 0.717) is 6.42 Å². The number of aryl methyl sites for hydroxylation is 2. The molecule has 0 saturated carbocycles. The molecule has 6 heteroatoms. The van der Waals surface area contributed by atoms with Crippen molar-refractivity contribution in [2.24, 2.45) is 0 Å². The predicted octanol–water partition coefficient (Wildman–Crippen LogP) is 1.96. The SMILES string of the molecule is C.C.CCc1cn(CCCCC(NC)C(=O)O)nn1. The minimum absolute atomic E-state index is 0. The number of unbranched alkanes of at least 4 members (excludes halogenated alkanes) is 1. The Kier molecular flexibility index (Phi) is 11.0. The number of carboxylic acids is 1. The van der Waals surface area contributed by atoms with Crippen molar-refractivity contribution in [1.82, 2.24) is 20.3 Å². The zero-order chi connectivity index (χ0) is 12.7. The second kappa shape index (κ2) is 10.5. The molecule has 1 unspecified atom stereocenters. The van der Waals surface area contributed by atoms with Crippen molar-refractivity contribution in [3.8, 4) is 0 Å². The van der Waals surface area contributed by atoms with Gasteiger partial charge in [-0.25, -0.2) is 0 Å². The minimum Gasteiger partial charge on any atom is -0.480 e. The maximum absolute atomic E-state index is 10.7. The van der Waals surface area contributed by atoms with Gasteiger partial charge >= 0.3 is 5.97 Å². The molecule has 1 heterocycles. The molecular weight excluding hydrogens is 244 g/mol. The standard InChI is InChI=1S/C11H20N4O2.2CH4/c1-3-9-8-15(14-13-9)7-5-4-6-10(12-2)11(16)17;;/h8,10,12H,3-7H2,1-2H3,(H,16,17);2*1H4. The van der Waals surface area contributed by atoms with Crippen molar-refractivity contribution in [3.63, 3.8) is 0 Å². The van der Waals surface area contributed by atoms with Gasteiger partial charge in [-0.15, -0.1) is 5.10 Å². The Hall–Kier alpha value is -1.43. The minimum atomic E-state index is -0.790. The molecular formula is C13H28N4O2. The van der Waals surface area contributed by atoms with E-state index in [2.05, 4.69) is 15.6 Å². The van der Waals surface area contributed by atoms with E-state index in [0.717, 1.165) is 31.5 Å². The van der Waals surface area contributed by atoms with Gasteiger partial charge in [-0.1, -0.05) is 27.0 Å². The monoisotopic (exact) mass is 272 g/mol. The molecule has 0 radical (unpaired) electrons. The van der Waals surface area contributed by atoms with Crippen molar-refractivity contribution >= 4 is 5.97 Å². The first-order chi connectivity index (χ1) is 8.17. The summed E-state index contributed by atoms with van der Waals surface area (Å²) in [5, 5.41) is 19.6. The Labute approximate surface area is 116 Å². The lowest BCUT2D eigenvalue weighted by atomic mass is 10.1. The van der Waals surface area contributed by atoms with Crippen LogP contribution >= 0.6 is 0 Å². The van der Waals surface area contributed by atoms with Crippen LogP contribution < -0.4 is 5.32 Å². The fourth-order valence-electron chi connectivity index (χ4n) is 1.62. The molecule has 1 rings (SSSR count). The maximum atomic E-state index is 10.7. The summed E-state index contributed by atoms with van der Waals surface area (Å²) in [6.07, 6.45) is 5.24. The van der Waals surface area contributed by atoms with Crippen LogP contribution in [-0.2, 0) is 17.8 Å². The van der Waals surface area contributed by atoms with Gasteiger partial charge in [-0.3, -0.25) is 9.48 Å². The van der Waals surface area contributed by atoms with Crippen molar-refractivity contribution < 1.29 is 9.90 Å². The molecule has 0 bridgehead atoms. The Morgan fingerprint density at radius 3 is 2.63 bits per heavy atom. The van der Waals surface area contributed by atoms with E-state index < -0.39 is 12.0 Å². The van der Waals surface area contributed by atoms with Crippen LogP contribution in [-0.4, -0.2) is 39.2 Å². The van der Waals surface area contributed by atoms with Crippen LogP contribution in [0.2, 0.25) is 0 Å². The fourth-order valence-corrected chi connectivity index (χ4v) is 1.62. The summed E-state index contributed by atoms with van der Waals surface area (Å²) in [4.78, 5) is 10.7. The van der Waals surface area contributed by atoms with Crippen molar-refractivity contribution in [2.45, 2.75) is 60.0 Å². The van der Waals surface area contributed by atoms with E-state index in [-0.39, 0.29) is 14.9 Å². The summed E-state index contributed by atoms with van der Waals surface area (Å²) in [5.74, 6) is -0.790. The number of nitrogens with zero attached hydrogens (tertiary/aromatic N) is 3. The normalized spacial score (nSPS) is 11.3. The summed E-state index contributed by atoms with van der Waals surface area (Å²) in [5.41, 5.74) is 0.989. The van der Waals surface area contributed by atoms with Crippen LogP contribution in [0.25, 0.3) is 0 Å². The number of carboxylic acid groups (broad SMARTS) is 1. The molecule has 1 atom stereocenters. The largest absolute Gasteiger partial charge is 0.480 e. The average Bonchev–Trinajstić information content (AvgIpc) is 2.76. The van der Waals surface area contributed by atoms with Gasteiger partial charge in [0.25, 0.3) is 0 Å². The summed E-state index contributed by atoms with van der Waals surface area (Å²) in [7, 11) is 1.67. The van der Waals surface area contributed by atoms with E-state index in [9.17, 15) is 4.79 Å². The molecule has 0 amide bonds. The summed E-state index contributed by atoms with van der Waals surface area (Å²) < 4.78 is 1.81. The Morgan fingerprint density at radius 2 is 2.16 bits per heavy atom. The van der Waals surface area contributed by atoms with E-state index in [1.54, 1.807) is 7.05 Å². The summed E-state index contributed by atoms with van der Waals surface area (Å²) >= 11 is 0. The number of aromatic nitrogens is 3. The van der Waals surface area contributed by atoms with E-state index in [4.69, 9.17) is 5.11 Å². The summed E-state index contributed by atoms with van der Waals surface area (Å²) in [6.45, 7) is 2.84. The predicted molar refractivity (Wildman–Crippen MR) is 77.2 cm³/mol. The Morgan fingerprint density at radius 1 is 1.47 bits per heavy atom. The van der Waals surface area contributed by atoms with Crippen molar-refractivity contribution in [1.29, 1.82) is 0 Å². The number of nitrogens with one attached hydrogen (secondary N) is 1. The third-order valence-corrected chi connectivity index (χ3v) is 2.72. The molecule has 1 aromatic heterocycles. The number of aliphatic carboxylic acids is 1. The number of carbonyl (C=O) groups is 1. The molecule has 112 valence electrons. The molecule has 0 aliphatic rings. The van der Waals surface area contributed by atoms with Crippen LogP contribution in [0.1, 0.15) is 46.7 Å². The first kappa shape index (κ1) is 19.9. The molecule has 0 fully saturated rings. The number of hydrogen-bond acceptors (Lipinski definition) is 4. The van der Waals surface area contributed by atoms with E-state index in [1.807, 2.05) is 17.8 Å². The fraction of sp³-hybridized carbons (Fsp3) is 0.769. The van der Waals surface area contributed by atoms with Gasteiger partial charge in [0, 0.05) is 12.7 Å². The van der Waals surface area contributed by atoms with Crippen LogP contribution in [0.15, 0.2) is 6.20 Å². The van der Waals surface area contributed by atoms with Crippen molar-refractivity contribution in [2.75, 3.05) is 7.05 Å². The number of rotatable bonds is 8. The molecule has 6 nitrogen and oxygen atoms in total. The van der Waals surface area contributed by atoms with Crippen LogP contribution in [0.4, 0.5) is 0 Å². The highest BCUT2D eigenvalue weighted by Gasteiger charge is 2.13. The van der Waals surface area contributed by atoms with E-state index in [1.165, 1.54) is 0 Å². The molecule has 0 spiro atoms. The highest BCUT2D eigenvalue weighted by molar-refractivity contribution is 5.73. The second-order valence-corrected chi connectivity index (χ2v) is 4.00. The van der Waals surface area contributed by atoms with Gasteiger partial charge in [0.1, 0.15) is 6.04 Å². The first-order valence-corrected chi connectivity index (χ1v) is 5.96.